The van der Waals surface area contributed by atoms with Crippen molar-refractivity contribution in [3.05, 3.63) is 59.4 Å². The van der Waals surface area contributed by atoms with E-state index in [1.165, 1.54) is 17.0 Å². The minimum atomic E-state index is -1.56. The molecule has 2 aromatic rings. The number of ether oxygens (including phenoxy) is 1. The predicted octanol–water partition coefficient (Wildman–Crippen LogP) is 0.103. The minimum absolute atomic E-state index is 0.000796. The molecule has 0 bridgehead atoms. The maximum Gasteiger partial charge on any atom is 0.250 e. The van der Waals surface area contributed by atoms with Gasteiger partial charge < -0.3 is 42.6 Å². The molecule has 13 heteroatoms. The number of amides is 3. The van der Waals surface area contributed by atoms with Crippen LogP contribution in [0.15, 0.2) is 42.5 Å². The number of nitrogens with one attached hydrogen (secondary N) is 2. The minimum Gasteiger partial charge on any atom is -0.488 e. The van der Waals surface area contributed by atoms with Gasteiger partial charge in [-0.3, -0.25) is 14.4 Å². The normalized spacial score (nSPS) is 13.2. The first-order chi connectivity index (χ1) is 18.6. The van der Waals surface area contributed by atoms with Crippen LogP contribution in [0.1, 0.15) is 23.7 Å². The van der Waals surface area contributed by atoms with Crippen LogP contribution < -0.4 is 32.6 Å². The zero-order chi connectivity index (χ0) is 28.9. The molecule has 0 radical (unpaired) electrons. The van der Waals surface area contributed by atoms with Gasteiger partial charge in [-0.05, 0) is 24.6 Å². The van der Waals surface area contributed by atoms with Crippen LogP contribution in [0.4, 0.5) is 14.5 Å². The summed E-state index contributed by atoms with van der Waals surface area (Å²) in [7, 11) is 0. The van der Waals surface area contributed by atoms with Crippen LogP contribution in [0.2, 0.25) is 0 Å². The van der Waals surface area contributed by atoms with Gasteiger partial charge in [0.2, 0.25) is 17.7 Å². The SMILES string of the molecule is Cc1ccc([C@@H](O)[C@H](NC(=O)[C@@H](N)CC(=O)N(CCN)CCN)C(=O)Nc2ccc(OCCF)c(F)c2)cc1. The Balaban J connectivity index is 2.22. The van der Waals surface area contributed by atoms with Gasteiger partial charge in [0.25, 0.3) is 0 Å². The average Bonchev–Trinajstić information content (AvgIpc) is 2.90. The molecule has 0 saturated carbocycles. The number of benzene rings is 2. The number of carbonyl (C=O) groups excluding carboxylic acids is 3. The number of aliphatic hydroxyl groups is 1. The summed E-state index contributed by atoms with van der Waals surface area (Å²) in [5.74, 6) is -3.24. The first-order valence-electron chi connectivity index (χ1n) is 12.4. The molecule has 0 aliphatic rings. The zero-order valence-corrected chi connectivity index (χ0v) is 21.7. The highest BCUT2D eigenvalue weighted by Crippen LogP contribution is 2.23. The Morgan fingerprint density at radius 3 is 2.26 bits per heavy atom. The number of hydrogen-bond acceptors (Lipinski definition) is 8. The average molecular weight is 551 g/mol. The van der Waals surface area contributed by atoms with Gasteiger partial charge in [0.05, 0.1) is 12.5 Å². The summed E-state index contributed by atoms with van der Waals surface area (Å²) in [6.45, 7) is 1.56. The predicted molar refractivity (Wildman–Crippen MR) is 142 cm³/mol. The summed E-state index contributed by atoms with van der Waals surface area (Å²) >= 11 is 0. The van der Waals surface area contributed by atoms with E-state index >= 15 is 0 Å². The molecule has 214 valence electrons. The Morgan fingerprint density at radius 2 is 1.69 bits per heavy atom. The van der Waals surface area contributed by atoms with E-state index in [0.29, 0.717) is 5.56 Å². The summed E-state index contributed by atoms with van der Waals surface area (Å²) < 4.78 is 31.6. The van der Waals surface area contributed by atoms with Crippen LogP contribution in [-0.4, -0.2) is 79.3 Å². The molecule has 0 aliphatic carbocycles. The number of carbonyl (C=O) groups is 3. The first kappa shape index (κ1) is 31.6. The highest BCUT2D eigenvalue weighted by molar-refractivity contribution is 5.99. The Bertz CT molecular complexity index is 1100. The summed E-state index contributed by atoms with van der Waals surface area (Å²) in [5, 5.41) is 15.9. The van der Waals surface area contributed by atoms with E-state index < -0.39 is 48.4 Å². The third-order valence-electron chi connectivity index (χ3n) is 5.73. The lowest BCUT2D eigenvalue weighted by Crippen LogP contribution is -2.53. The van der Waals surface area contributed by atoms with Crippen molar-refractivity contribution in [1.29, 1.82) is 0 Å². The van der Waals surface area contributed by atoms with Crippen LogP contribution in [0.5, 0.6) is 5.75 Å². The third-order valence-corrected chi connectivity index (χ3v) is 5.73. The molecule has 0 spiro atoms. The van der Waals surface area contributed by atoms with E-state index in [9.17, 15) is 28.3 Å². The number of alkyl halides is 1. The van der Waals surface area contributed by atoms with E-state index in [4.69, 9.17) is 21.9 Å². The number of halogens is 2. The number of hydrogen-bond donors (Lipinski definition) is 6. The number of rotatable bonds is 15. The van der Waals surface area contributed by atoms with E-state index in [1.807, 2.05) is 6.92 Å². The maximum atomic E-state index is 14.3. The van der Waals surface area contributed by atoms with E-state index in [1.54, 1.807) is 24.3 Å². The number of anilines is 1. The third kappa shape index (κ3) is 9.55. The monoisotopic (exact) mass is 550 g/mol. The Kier molecular flexibility index (Phi) is 12.7. The molecule has 0 aliphatic heterocycles. The first-order valence-corrected chi connectivity index (χ1v) is 12.4. The van der Waals surface area contributed by atoms with Crippen molar-refractivity contribution >= 4 is 23.4 Å². The van der Waals surface area contributed by atoms with E-state index in [-0.39, 0.29) is 50.6 Å². The van der Waals surface area contributed by atoms with Gasteiger partial charge in [-0.1, -0.05) is 29.8 Å². The second kappa shape index (κ2) is 15.7. The molecule has 2 aromatic carbocycles. The quantitative estimate of drug-likeness (QED) is 0.180. The molecule has 3 amide bonds. The lowest BCUT2D eigenvalue weighted by atomic mass is 9.99. The highest BCUT2D eigenvalue weighted by atomic mass is 19.1. The molecular formula is C26H36F2N6O5. The molecular weight excluding hydrogens is 514 g/mol. The van der Waals surface area contributed by atoms with Crippen molar-refractivity contribution < 1.29 is 33.0 Å². The zero-order valence-electron chi connectivity index (χ0n) is 21.7. The van der Waals surface area contributed by atoms with E-state index in [2.05, 4.69) is 10.6 Å². The number of aliphatic hydroxyl groups excluding tert-OH is 1. The van der Waals surface area contributed by atoms with Crippen molar-refractivity contribution in [3.63, 3.8) is 0 Å². The van der Waals surface area contributed by atoms with Crippen molar-refractivity contribution in [2.75, 3.05) is 44.8 Å². The Hall–Kier alpha value is -3.65. The Morgan fingerprint density at radius 1 is 1.05 bits per heavy atom. The van der Waals surface area contributed by atoms with Crippen LogP contribution in [0.3, 0.4) is 0 Å². The smallest absolute Gasteiger partial charge is 0.250 e. The van der Waals surface area contributed by atoms with Crippen LogP contribution >= 0.6 is 0 Å². The van der Waals surface area contributed by atoms with Crippen molar-refractivity contribution in [2.24, 2.45) is 17.2 Å². The van der Waals surface area contributed by atoms with Gasteiger partial charge in [-0.2, -0.15) is 0 Å². The fraction of sp³-hybridized carbons (Fsp3) is 0.423. The van der Waals surface area contributed by atoms with Crippen molar-refractivity contribution in [1.82, 2.24) is 10.2 Å². The topological polar surface area (TPSA) is 186 Å². The molecule has 0 aromatic heterocycles. The Labute approximate surface area is 225 Å². The van der Waals surface area contributed by atoms with Crippen molar-refractivity contribution in [2.45, 2.75) is 31.5 Å². The van der Waals surface area contributed by atoms with Crippen LogP contribution in [0.25, 0.3) is 0 Å². The molecule has 0 heterocycles. The summed E-state index contributed by atoms with van der Waals surface area (Å²) in [6.07, 6.45) is -1.90. The van der Waals surface area contributed by atoms with Gasteiger partial charge in [0, 0.05) is 37.9 Å². The van der Waals surface area contributed by atoms with Crippen LogP contribution in [-0.2, 0) is 14.4 Å². The van der Waals surface area contributed by atoms with Gasteiger partial charge in [0.15, 0.2) is 11.6 Å². The maximum absolute atomic E-state index is 14.3. The standard InChI is InChI=1S/C26H36F2N6O5/c1-16-2-4-17(5-3-16)24(36)23(26(38)32-18-6-7-21(19(28)14-18)39-13-8-27)33-25(37)20(31)15-22(35)34(11-9-29)12-10-30/h2-7,14,20,23-24,36H,8-13,15,29-31H2,1H3,(H,32,38)(H,33,37)/t20-,23-,24+/m0/s1. The molecule has 11 nitrogen and oxygen atoms in total. The number of nitrogens with two attached hydrogens (primary N) is 3. The molecule has 3 atom stereocenters. The lowest BCUT2D eigenvalue weighted by Gasteiger charge is -2.26. The summed E-state index contributed by atoms with van der Waals surface area (Å²) in [6, 6.07) is 7.19. The van der Waals surface area contributed by atoms with Gasteiger partial charge in [-0.25, -0.2) is 8.78 Å². The molecule has 0 unspecified atom stereocenters. The van der Waals surface area contributed by atoms with Gasteiger partial charge >= 0.3 is 0 Å². The van der Waals surface area contributed by atoms with Crippen LogP contribution in [0, 0.1) is 12.7 Å². The van der Waals surface area contributed by atoms with E-state index in [0.717, 1.165) is 11.6 Å². The largest absolute Gasteiger partial charge is 0.488 e. The summed E-state index contributed by atoms with van der Waals surface area (Å²) in [4.78, 5) is 40.1. The van der Waals surface area contributed by atoms with Gasteiger partial charge in [-0.15, -0.1) is 0 Å². The molecule has 0 saturated heterocycles. The van der Waals surface area contributed by atoms with Crippen molar-refractivity contribution in [3.8, 4) is 5.75 Å². The number of aryl methyl sites for hydroxylation is 1. The second-order valence-corrected chi connectivity index (χ2v) is 8.78. The molecule has 39 heavy (non-hydrogen) atoms. The number of nitrogens with zero attached hydrogens (tertiary/aromatic N) is 1. The molecule has 0 fully saturated rings. The fourth-order valence-electron chi connectivity index (χ4n) is 3.65. The summed E-state index contributed by atoms with van der Waals surface area (Å²) in [5.41, 5.74) is 18.2. The molecule has 9 N–H and O–H groups in total. The van der Waals surface area contributed by atoms with Gasteiger partial charge in [0.1, 0.15) is 25.4 Å². The second-order valence-electron chi connectivity index (χ2n) is 8.78. The lowest BCUT2D eigenvalue weighted by molar-refractivity contribution is -0.135. The highest BCUT2D eigenvalue weighted by Gasteiger charge is 2.32. The molecule has 2 rings (SSSR count). The fourth-order valence-corrected chi connectivity index (χ4v) is 3.65.